The average molecular weight is 358 g/mol. The highest BCUT2D eigenvalue weighted by molar-refractivity contribution is 5.80. The van der Waals surface area contributed by atoms with Gasteiger partial charge in [0.15, 0.2) is 5.96 Å². The highest BCUT2D eigenvalue weighted by Crippen LogP contribution is 2.20. The molecular formula is C17H25F3N4O. The number of aliphatic imine (C=N–C) groups is 1. The number of likely N-dealkylation sites (tertiary alicyclic amines) is 1. The third-order valence-corrected chi connectivity index (χ3v) is 3.96. The Kier molecular flexibility index (Phi) is 6.92. The van der Waals surface area contributed by atoms with Crippen LogP contribution in [0.1, 0.15) is 18.9 Å². The van der Waals surface area contributed by atoms with Crippen LogP contribution >= 0.6 is 0 Å². The normalized spacial score (nSPS) is 19.1. The summed E-state index contributed by atoms with van der Waals surface area (Å²) in [6.45, 7) is 2.96. The average Bonchev–Trinajstić information content (AvgIpc) is 2.98. The smallest absolute Gasteiger partial charge is 0.401 e. The summed E-state index contributed by atoms with van der Waals surface area (Å²) in [4.78, 5) is 5.57. The van der Waals surface area contributed by atoms with Crippen LogP contribution in [0, 0.1) is 0 Å². The van der Waals surface area contributed by atoms with Crippen molar-refractivity contribution in [3.8, 4) is 5.75 Å². The minimum Gasteiger partial charge on any atom is -0.494 e. The van der Waals surface area contributed by atoms with Crippen LogP contribution in [0.4, 0.5) is 13.2 Å². The summed E-state index contributed by atoms with van der Waals surface area (Å²) in [7, 11) is 1.65. The van der Waals surface area contributed by atoms with Gasteiger partial charge in [0.05, 0.1) is 13.2 Å². The Labute approximate surface area is 146 Å². The van der Waals surface area contributed by atoms with E-state index in [-0.39, 0.29) is 6.04 Å². The Morgan fingerprint density at radius 3 is 2.80 bits per heavy atom. The van der Waals surface area contributed by atoms with Crippen LogP contribution in [0.2, 0.25) is 0 Å². The number of rotatable bonds is 6. The predicted octanol–water partition coefficient (Wildman–Crippen LogP) is 2.39. The van der Waals surface area contributed by atoms with Crippen LogP contribution in [0.25, 0.3) is 0 Å². The van der Waals surface area contributed by atoms with Crippen molar-refractivity contribution >= 4 is 5.96 Å². The quantitative estimate of drug-likeness (QED) is 0.606. The summed E-state index contributed by atoms with van der Waals surface area (Å²) in [6.07, 6.45) is -3.50. The molecule has 1 aliphatic rings. The molecule has 0 radical (unpaired) electrons. The zero-order valence-electron chi connectivity index (χ0n) is 14.6. The molecule has 0 saturated carbocycles. The Hall–Kier alpha value is -1.96. The Morgan fingerprint density at radius 1 is 1.36 bits per heavy atom. The number of nitrogens with zero attached hydrogens (tertiary/aromatic N) is 2. The first kappa shape index (κ1) is 19.4. The summed E-state index contributed by atoms with van der Waals surface area (Å²) in [6, 6.07) is 7.67. The number of ether oxygens (including phenoxy) is 1. The zero-order chi connectivity index (χ0) is 18.3. The van der Waals surface area contributed by atoms with Crippen LogP contribution in [0.15, 0.2) is 29.3 Å². The van der Waals surface area contributed by atoms with Crippen molar-refractivity contribution in [3.63, 3.8) is 0 Å². The van der Waals surface area contributed by atoms with Crippen molar-refractivity contribution in [3.05, 3.63) is 29.8 Å². The van der Waals surface area contributed by atoms with E-state index in [9.17, 15) is 13.2 Å². The number of halogens is 3. The molecule has 1 atom stereocenters. The molecule has 2 N–H and O–H groups in total. The van der Waals surface area contributed by atoms with Gasteiger partial charge < -0.3 is 15.4 Å². The SMILES string of the molecule is CCOc1ccccc1CNC(=NC)NC1CCN(CC(F)(F)F)C1. The fraction of sp³-hybridized carbons (Fsp3) is 0.588. The van der Waals surface area contributed by atoms with E-state index in [2.05, 4.69) is 15.6 Å². The molecule has 8 heteroatoms. The van der Waals surface area contributed by atoms with Crippen LogP contribution in [0.3, 0.4) is 0 Å². The van der Waals surface area contributed by atoms with Gasteiger partial charge in [0.2, 0.25) is 0 Å². The molecule has 140 valence electrons. The lowest BCUT2D eigenvalue weighted by Crippen LogP contribution is -2.44. The van der Waals surface area contributed by atoms with Gasteiger partial charge in [-0.15, -0.1) is 0 Å². The van der Waals surface area contributed by atoms with Crippen molar-refractivity contribution in [2.75, 3.05) is 33.3 Å². The minimum atomic E-state index is -4.15. The molecule has 2 rings (SSSR count). The lowest BCUT2D eigenvalue weighted by atomic mass is 10.2. The van der Waals surface area contributed by atoms with Crippen LogP contribution in [-0.4, -0.2) is 56.4 Å². The summed E-state index contributed by atoms with van der Waals surface area (Å²) in [5, 5.41) is 6.38. The number of hydrogen-bond acceptors (Lipinski definition) is 3. The number of para-hydroxylation sites is 1. The Morgan fingerprint density at radius 2 is 2.12 bits per heavy atom. The van der Waals surface area contributed by atoms with E-state index < -0.39 is 12.7 Å². The predicted molar refractivity (Wildman–Crippen MR) is 91.8 cm³/mol. The summed E-state index contributed by atoms with van der Waals surface area (Å²) in [5.74, 6) is 1.38. The molecule has 1 aromatic rings. The molecule has 0 amide bonds. The third kappa shape index (κ3) is 6.45. The fourth-order valence-corrected chi connectivity index (χ4v) is 2.86. The molecule has 1 heterocycles. The summed E-state index contributed by atoms with van der Waals surface area (Å²) < 4.78 is 43.0. The van der Waals surface area contributed by atoms with Crippen LogP contribution in [-0.2, 0) is 6.54 Å². The van der Waals surface area contributed by atoms with E-state index in [1.54, 1.807) is 7.05 Å². The van der Waals surface area contributed by atoms with Gasteiger partial charge >= 0.3 is 6.18 Å². The zero-order valence-corrected chi connectivity index (χ0v) is 14.6. The van der Waals surface area contributed by atoms with Crippen LogP contribution < -0.4 is 15.4 Å². The highest BCUT2D eigenvalue weighted by atomic mass is 19.4. The Balaban J connectivity index is 1.84. The van der Waals surface area contributed by atoms with Crippen molar-refractivity contribution < 1.29 is 17.9 Å². The molecule has 0 bridgehead atoms. The van der Waals surface area contributed by atoms with Gasteiger partial charge in [-0.05, 0) is 19.4 Å². The molecule has 1 aliphatic heterocycles. The fourth-order valence-electron chi connectivity index (χ4n) is 2.86. The van der Waals surface area contributed by atoms with Gasteiger partial charge in [-0.2, -0.15) is 13.2 Å². The second-order valence-electron chi connectivity index (χ2n) is 5.95. The van der Waals surface area contributed by atoms with E-state index >= 15 is 0 Å². The van der Waals surface area contributed by atoms with Gasteiger partial charge in [-0.25, -0.2) is 0 Å². The van der Waals surface area contributed by atoms with Crippen molar-refractivity contribution in [1.82, 2.24) is 15.5 Å². The first-order valence-electron chi connectivity index (χ1n) is 8.38. The molecule has 0 aliphatic carbocycles. The van der Waals surface area contributed by atoms with Gasteiger partial charge in [-0.1, -0.05) is 18.2 Å². The van der Waals surface area contributed by atoms with Gasteiger partial charge in [0, 0.05) is 38.3 Å². The van der Waals surface area contributed by atoms with E-state index in [4.69, 9.17) is 4.74 Å². The highest BCUT2D eigenvalue weighted by Gasteiger charge is 2.34. The molecular weight excluding hydrogens is 333 g/mol. The first-order valence-corrected chi connectivity index (χ1v) is 8.38. The standard InChI is InChI=1S/C17H25F3N4O/c1-3-25-15-7-5-4-6-13(15)10-22-16(21-2)23-14-8-9-24(11-14)12-17(18,19)20/h4-7,14H,3,8-12H2,1-2H3,(H2,21,22,23). The van der Waals surface area contributed by atoms with E-state index in [0.29, 0.717) is 38.6 Å². The van der Waals surface area contributed by atoms with Crippen molar-refractivity contribution in [2.45, 2.75) is 32.1 Å². The molecule has 5 nitrogen and oxygen atoms in total. The van der Waals surface area contributed by atoms with Gasteiger partial charge in [0.1, 0.15) is 5.75 Å². The lowest BCUT2D eigenvalue weighted by molar-refractivity contribution is -0.143. The second kappa shape index (κ2) is 8.94. The first-order chi connectivity index (χ1) is 11.9. The molecule has 25 heavy (non-hydrogen) atoms. The minimum absolute atomic E-state index is 0.0457. The van der Waals surface area contributed by atoms with E-state index in [0.717, 1.165) is 11.3 Å². The summed E-state index contributed by atoms with van der Waals surface area (Å²) >= 11 is 0. The van der Waals surface area contributed by atoms with Crippen molar-refractivity contribution in [1.29, 1.82) is 0 Å². The van der Waals surface area contributed by atoms with E-state index in [1.165, 1.54) is 4.90 Å². The Bertz CT molecular complexity index is 577. The summed E-state index contributed by atoms with van der Waals surface area (Å²) in [5.41, 5.74) is 0.998. The monoisotopic (exact) mass is 358 g/mol. The van der Waals surface area contributed by atoms with Gasteiger partial charge in [0.25, 0.3) is 0 Å². The topological polar surface area (TPSA) is 48.9 Å². The molecule has 0 aromatic heterocycles. The number of alkyl halides is 3. The number of hydrogen-bond donors (Lipinski definition) is 2. The van der Waals surface area contributed by atoms with Crippen LogP contribution in [0.5, 0.6) is 5.75 Å². The number of guanidine groups is 1. The largest absolute Gasteiger partial charge is 0.494 e. The lowest BCUT2D eigenvalue weighted by Gasteiger charge is -2.20. The molecule has 1 fully saturated rings. The third-order valence-electron chi connectivity index (χ3n) is 3.96. The molecule has 1 saturated heterocycles. The molecule has 1 aromatic carbocycles. The maximum atomic E-state index is 12.5. The molecule has 0 spiro atoms. The maximum Gasteiger partial charge on any atom is 0.401 e. The molecule has 1 unspecified atom stereocenters. The van der Waals surface area contributed by atoms with E-state index in [1.807, 2.05) is 31.2 Å². The number of nitrogens with one attached hydrogen (secondary N) is 2. The van der Waals surface area contributed by atoms with Gasteiger partial charge in [-0.3, -0.25) is 9.89 Å². The number of benzene rings is 1. The van der Waals surface area contributed by atoms with Crippen molar-refractivity contribution in [2.24, 2.45) is 4.99 Å². The second-order valence-corrected chi connectivity index (χ2v) is 5.95. The maximum absolute atomic E-state index is 12.5.